The van der Waals surface area contributed by atoms with Gasteiger partial charge in [-0.2, -0.15) is 0 Å². The number of carbonyl (C=O) groups is 1. The normalized spacial score (nSPS) is 19.6. The number of benzene rings is 1. The van der Waals surface area contributed by atoms with Crippen LogP contribution in [0.4, 0.5) is 0 Å². The first kappa shape index (κ1) is 12.9. The zero-order valence-corrected chi connectivity index (χ0v) is 12.1. The largest absolute Gasteiger partial charge is 0.358 e. The van der Waals surface area contributed by atoms with Crippen LogP contribution in [0.25, 0.3) is 10.9 Å². The lowest BCUT2D eigenvalue weighted by molar-refractivity contribution is -0.132. The summed E-state index contributed by atoms with van der Waals surface area (Å²) in [4.78, 5) is 17.9. The van der Waals surface area contributed by atoms with Gasteiger partial charge in [-0.3, -0.25) is 4.79 Å². The maximum absolute atomic E-state index is 12.4. The first-order valence-electron chi connectivity index (χ1n) is 7.84. The van der Waals surface area contributed by atoms with Crippen molar-refractivity contribution in [2.24, 2.45) is 11.7 Å². The van der Waals surface area contributed by atoms with Gasteiger partial charge in [0.25, 0.3) is 0 Å². The van der Waals surface area contributed by atoms with Crippen molar-refractivity contribution in [1.82, 2.24) is 9.88 Å². The second kappa shape index (κ2) is 4.88. The van der Waals surface area contributed by atoms with Crippen LogP contribution in [-0.4, -0.2) is 28.4 Å². The molecule has 1 aliphatic heterocycles. The molecule has 0 spiro atoms. The summed E-state index contributed by atoms with van der Waals surface area (Å²) in [5.74, 6) is 0.799. The molecule has 110 valence electrons. The summed E-state index contributed by atoms with van der Waals surface area (Å²) in [6.45, 7) is 1.52. The topological polar surface area (TPSA) is 62.1 Å². The van der Waals surface area contributed by atoms with Crippen LogP contribution >= 0.6 is 0 Å². The van der Waals surface area contributed by atoms with E-state index in [4.69, 9.17) is 5.73 Å². The van der Waals surface area contributed by atoms with Crippen LogP contribution in [0.1, 0.15) is 30.5 Å². The van der Waals surface area contributed by atoms with Crippen molar-refractivity contribution in [3.63, 3.8) is 0 Å². The molecule has 1 fully saturated rings. The molecule has 4 heteroatoms. The summed E-state index contributed by atoms with van der Waals surface area (Å²) in [6.07, 6.45) is 3.80. The quantitative estimate of drug-likeness (QED) is 0.907. The lowest BCUT2D eigenvalue weighted by Crippen LogP contribution is -2.39. The van der Waals surface area contributed by atoms with E-state index in [2.05, 4.69) is 23.2 Å². The molecule has 0 saturated heterocycles. The SMILES string of the molecule is NC(CC(=O)N1CCc2[nH]c3ccccc3c2C1)C1CC1. The number of rotatable bonds is 3. The Balaban J connectivity index is 1.53. The number of nitrogens with one attached hydrogen (secondary N) is 1. The van der Waals surface area contributed by atoms with Crippen LogP contribution < -0.4 is 5.73 Å². The van der Waals surface area contributed by atoms with Gasteiger partial charge in [-0.1, -0.05) is 18.2 Å². The summed E-state index contributed by atoms with van der Waals surface area (Å²) in [5.41, 5.74) is 9.84. The van der Waals surface area contributed by atoms with Gasteiger partial charge in [0, 0.05) is 54.1 Å². The number of nitrogens with zero attached hydrogens (tertiary/aromatic N) is 1. The van der Waals surface area contributed by atoms with E-state index >= 15 is 0 Å². The second-order valence-electron chi connectivity index (χ2n) is 6.40. The van der Waals surface area contributed by atoms with Gasteiger partial charge in [-0.05, 0) is 24.8 Å². The average Bonchev–Trinajstić information content (AvgIpc) is 3.28. The molecule has 1 amide bonds. The molecule has 0 bridgehead atoms. The molecule has 1 aliphatic carbocycles. The number of hydrogen-bond donors (Lipinski definition) is 2. The number of aromatic amines is 1. The van der Waals surface area contributed by atoms with E-state index in [9.17, 15) is 4.79 Å². The number of H-pyrrole nitrogens is 1. The third kappa shape index (κ3) is 2.33. The maximum Gasteiger partial charge on any atom is 0.224 e. The fraction of sp³-hybridized carbons (Fsp3) is 0.471. The Morgan fingerprint density at radius 3 is 3.00 bits per heavy atom. The predicted molar refractivity (Wildman–Crippen MR) is 82.7 cm³/mol. The number of fused-ring (bicyclic) bond motifs is 3. The molecule has 21 heavy (non-hydrogen) atoms. The zero-order chi connectivity index (χ0) is 14.4. The molecule has 4 nitrogen and oxygen atoms in total. The third-order valence-electron chi connectivity index (χ3n) is 4.87. The number of hydrogen-bond acceptors (Lipinski definition) is 2. The van der Waals surface area contributed by atoms with E-state index in [1.807, 2.05) is 11.0 Å². The summed E-state index contributed by atoms with van der Waals surface area (Å²) < 4.78 is 0. The van der Waals surface area contributed by atoms with E-state index in [0.29, 0.717) is 12.3 Å². The minimum atomic E-state index is 0.0573. The minimum absolute atomic E-state index is 0.0573. The Bertz CT molecular complexity index is 686. The Morgan fingerprint density at radius 2 is 2.19 bits per heavy atom. The average molecular weight is 283 g/mol. The third-order valence-corrected chi connectivity index (χ3v) is 4.87. The molecule has 2 aromatic rings. The molecular formula is C17H21N3O. The highest BCUT2D eigenvalue weighted by molar-refractivity contribution is 5.86. The second-order valence-corrected chi connectivity index (χ2v) is 6.40. The van der Waals surface area contributed by atoms with Gasteiger partial charge in [-0.15, -0.1) is 0 Å². The lowest BCUT2D eigenvalue weighted by atomic mass is 10.0. The molecular weight excluding hydrogens is 262 g/mol. The Labute approximate surface area is 124 Å². The minimum Gasteiger partial charge on any atom is -0.358 e. The van der Waals surface area contributed by atoms with Crippen molar-refractivity contribution < 1.29 is 4.79 Å². The summed E-state index contributed by atoms with van der Waals surface area (Å²) in [6, 6.07) is 8.39. The van der Waals surface area contributed by atoms with Crippen LogP contribution in [0.5, 0.6) is 0 Å². The molecule has 1 unspecified atom stereocenters. The predicted octanol–water partition coefficient (Wildman–Crippen LogP) is 2.18. The highest BCUT2D eigenvalue weighted by atomic mass is 16.2. The van der Waals surface area contributed by atoms with E-state index in [1.165, 1.54) is 35.0 Å². The fourth-order valence-electron chi connectivity index (χ4n) is 3.40. The molecule has 3 N–H and O–H groups in total. The van der Waals surface area contributed by atoms with E-state index in [0.717, 1.165) is 19.5 Å². The van der Waals surface area contributed by atoms with Crippen LogP contribution in [0.3, 0.4) is 0 Å². The van der Waals surface area contributed by atoms with Gasteiger partial charge in [-0.25, -0.2) is 0 Å². The van der Waals surface area contributed by atoms with Gasteiger partial charge in [0.15, 0.2) is 0 Å². The molecule has 1 saturated carbocycles. The first-order valence-corrected chi connectivity index (χ1v) is 7.84. The number of nitrogens with two attached hydrogens (primary N) is 1. The number of aromatic nitrogens is 1. The number of carbonyl (C=O) groups excluding carboxylic acids is 1. The van der Waals surface area contributed by atoms with Gasteiger partial charge in [0.05, 0.1) is 0 Å². The molecule has 2 aliphatic rings. The Morgan fingerprint density at radius 1 is 1.38 bits per heavy atom. The monoisotopic (exact) mass is 283 g/mol. The number of amides is 1. The lowest BCUT2D eigenvalue weighted by Gasteiger charge is -2.28. The van der Waals surface area contributed by atoms with Gasteiger partial charge in [0.2, 0.25) is 5.91 Å². The van der Waals surface area contributed by atoms with Crippen molar-refractivity contribution in [1.29, 1.82) is 0 Å². The van der Waals surface area contributed by atoms with E-state index in [-0.39, 0.29) is 11.9 Å². The van der Waals surface area contributed by atoms with Crippen LogP contribution in [-0.2, 0) is 17.8 Å². The molecule has 1 aromatic carbocycles. The van der Waals surface area contributed by atoms with Gasteiger partial charge in [0.1, 0.15) is 0 Å². The standard InChI is InChI=1S/C17H21N3O/c18-14(11-5-6-11)9-17(21)20-8-7-16-13(10-20)12-3-1-2-4-15(12)19-16/h1-4,11,14,19H,5-10,18H2. The van der Waals surface area contributed by atoms with Crippen molar-refractivity contribution in [2.75, 3.05) is 6.54 Å². The smallest absolute Gasteiger partial charge is 0.224 e. The van der Waals surface area contributed by atoms with Crippen LogP contribution in [0, 0.1) is 5.92 Å². The van der Waals surface area contributed by atoms with Crippen molar-refractivity contribution in [3.05, 3.63) is 35.5 Å². The van der Waals surface area contributed by atoms with E-state index in [1.54, 1.807) is 0 Å². The summed E-state index contributed by atoms with van der Waals surface area (Å²) >= 11 is 0. The van der Waals surface area contributed by atoms with Crippen molar-refractivity contribution >= 4 is 16.8 Å². The van der Waals surface area contributed by atoms with Gasteiger partial charge >= 0.3 is 0 Å². The molecule has 4 rings (SSSR count). The Hall–Kier alpha value is -1.81. The highest BCUT2D eigenvalue weighted by Crippen LogP contribution is 2.33. The first-order chi connectivity index (χ1) is 10.2. The van der Waals surface area contributed by atoms with Gasteiger partial charge < -0.3 is 15.6 Å². The fourth-order valence-corrected chi connectivity index (χ4v) is 3.40. The Kier molecular flexibility index (Phi) is 3.00. The number of para-hydroxylation sites is 1. The maximum atomic E-state index is 12.4. The highest BCUT2D eigenvalue weighted by Gasteiger charge is 2.32. The molecule has 0 radical (unpaired) electrons. The van der Waals surface area contributed by atoms with E-state index < -0.39 is 0 Å². The van der Waals surface area contributed by atoms with Crippen molar-refractivity contribution in [2.45, 2.75) is 38.3 Å². The van der Waals surface area contributed by atoms with Crippen molar-refractivity contribution in [3.8, 4) is 0 Å². The zero-order valence-electron chi connectivity index (χ0n) is 12.1. The summed E-state index contributed by atoms with van der Waals surface area (Å²) in [5, 5.41) is 1.25. The summed E-state index contributed by atoms with van der Waals surface area (Å²) in [7, 11) is 0. The molecule has 1 aromatic heterocycles. The molecule has 2 heterocycles. The van der Waals surface area contributed by atoms with Crippen LogP contribution in [0.2, 0.25) is 0 Å². The molecule has 1 atom stereocenters. The van der Waals surface area contributed by atoms with Crippen LogP contribution in [0.15, 0.2) is 24.3 Å².